The van der Waals surface area contributed by atoms with E-state index in [0.29, 0.717) is 37.4 Å². The number of nitrogens with zero attached hydrogens (tertiary/aromatic N) is 2. The summed E-state index contributed by atoms with van der Waals surface area (Å²) in [6, 6.07) is 5.35. The Morgan fingerprint density at radius 1 is 1.19 bits per heavy atom. The van der Waals surface area contributed by atoms with Gasteiger partial charge in [-0.3, -0.25) is 9.78 Å². The number of hydrogen-bond acceptors (Lipinski definition) is 7. The summed E-state index contributed by atoms with van der Waals surface area (Å²) in [6.07, 6.45) is 3.47. The van der Waals surface area contributed by atoms with Crippen molar-refractivity contribution in [2.75, 3.05) is 25.5 Å². The number of hydrogen-bond donors (Lipinski definition) is 3. The van der Waals surface area contributed by atoms with Gasteiger partial charge in [0.25, 0.3) is 0 Å². The summed E-state index contributed by atoms with van der Waals surface area (Å²) >= 11 is 6.08. The summed E-state index contributed by atoms with van der Waals surface area (Å²) in [5.74, 6) is -1.75. The predicted octanol–water partition coefficient (Wildman–Crippen LogP) is 4.06. The highest BCUT2D eigenvalue weighted by molar-refractivity contribution is 7.90. The van der Waals surface area contributed by atoms with Gasteiger partial charge < -0.3 is 20.7 Å². The van der Waals surface area contributed by atoms with Crippen molar-refractivity contribution < 1.29 is 27.1 Å². The van der Waals surface area contributed by atoms with Crippen LogP contribution >= 0.6 is 11.6 Å². The largest absolute Gasteiger partial charge is 0.453 e. The molecule has 42 heavy (non-hydrogen) atoms. The lowest BCUT2D eigenvalue weighted by molar-refractivity contribution is -0.118. The fraction of sp³-hybridized carbons (Fsp3) is 0.552. The van der Waals surface area contributed by atoms with Gasteiger partial charge in [-0.1, -0.05) is 37.6 Å². The van der Waals surface area contributed by atoms with Crippen molar-refractivity contribution in [2.45, 2.75) is 75.7 Å². The van der Waals surface area contributed by atoms with Gasteiger partial charge in [0.1, 0.15) is 11.9 Å². The SMILES string of the molecule is COC(=O)N[C@H](C(=O)Nc1cncc(F)c1CC[C@H]1CNC[C@H](C)N1S(=O)(=O)C1CC1)[C@@H](c1ccc(Cl)cc1)C(C)C. The summed E-state index contributed by atoms with van der Waals surface area (Å²) in [7, 11) is -2.24. The number of nitrogens with one attached hydrogen (secondary N) is 3. The molecule has 2 amide bonds. The first-order valence-corrected chi connectivity index (χ1v) is 16.1. The second kappa shape index (κ2) is 13.7. The first kappa shape index (κ1) is 32.1. The maximum atomic E-state index is 15.2. The van der Waals surface area contributed by atoms with Gasteiger partial charge in [-0.05, 0) is 56.2 Å². The molecule has 0 spiro atoms. The molecular weight excluding hydrogens is 585 g/mol. The average Bonchev–Trinajstić information content (AvgIpc) is 3.79. The Balaban J connectivity index is 1.58. The molecule has 4 rings (SSSR count). The predicted molar refractivity (Wildman–Crippen MR) is 159 cm³/mol. The lowest BCUT2D eigenvalue weighted by atomic mass is 9.82. The van der Waals surface area contributed by atoms with E-state index in [1.54, 1.807) is 28.6 Å². The monoisotopic (exact) mass is 623 g/mol. The second-order valence-electron chi connectivity index (χ2n) is 11.3. The molecule has 10 nitrogen and oxygen atoms in total. The molecule has 1 aromatic heterocycles. The minimum Gasteiger partial charge on any atom is -0.453 e. The highest BCUT2D eigenvalue weighted by Crippen LogP contribution is 2.35. The van der Waals surface area contributed by atoms with E-state index in [9.17, 15) is 18.0 Å². The zero-order valence-corrected chi connectivity index (χ0v) is 25.8. The van der Waals surface area contributed by atoms with Gasteiger partial charge in [-0.2, -0.15) is 4.31 Å². The number of rotatable bonds is 11. The molecule has 4 atom stereocenters. The van der Waals surface area contributed by atoms with E-state index in [4.69, 9.17) is 16.3 Å². The number of alkyl carbamates (subject to hydrolysis) is 1. The highest BCUT2D eigenvalue weighted by Gasteiger charge is 2.45. The average molecular weight is 624 g/mol. The lowest BCUT2D eigenvalue weighted by Crippen LogP contribution is -2.59. The Hall–Kier alpha value is -2.80. The van der Waals surface area contributed by atoms with E-state index in [0.717, 1.165) is 11.8 Å². The molecule has 0 unspecified atom stereocenters. The zero-order chi connectivity index (χ0) is 30.6. The molecule has 0 bridgehead atoms. The van der Waals surface area contributed by atoms with Crippen LogP contribution in [0.2, 0.25) is 5.02 Å². The Kier molecular flexibility index (Phi) is 10.4. The number of pyridine rings is 1. The van der Waals surface area contributed by atoms with Gasteiger partial charge in [-0.15, -0.1) is 0 Å². The van der Waals surface area contributed by atoms with Crippen LogP contribution in [0.1, 0.15) is 57.1 Å². The Morgan fingerprint density at radius 3 is 2.50 bits per heavy atom. The molecule has 2 aromatic rings. The van der Waals surface area contributed by atoms with Crippen LogP contribution in [0.5, 0.6) is 0 Å². The molecule has 230 valence electrons. The molecule has 2 aliphatic rings. The maximum absolute atomic E-state index is 15.2. The van der Waals surface area contributed by atoms with Crippen LogP contribution < -0.4 is 16.0 Å². The summed E-state index contributed by atoms with van der Waals surface area (Å²) in [4.78, 5) is 30.0. The van der Waals surface area contributed by atoms with Crippen LogP contribution in [-0.2, 0) is 26.0 Å². The molecule has 2 fully saturated rings. The Bertz CT molecular complexity index is 1370. The number of carbonyl (C=O) groups is 2. The fourth-order valence-corrected chi connectivity index (χ4v) is 8.09. The summed E-state index contributed by atoms with van der Waals surface area (Å²) in [5, 5.41) is 8.89. The van der Waals surface area contributed by atoms with Crippen molar-refractivity contribution >= 4 is 39.3 Å². The van der Waals surface area contributed by atoms with E-state index in [1.165, 1.54) is 13.3 Å². The molecule has 1 saturated heterocycles. The van der Waals surface area contributed by atoms with Crippen LogP contribution in [-0.4, -0.2) is 73.3 Å². The summed E-state index contributed by atoms with van der Waals surface area (Å²) in [6.45, 7) is 6.72. The van der Waals surface area contributed by atoms with Crippen LogP contribution in [0.3, 0.4) is 0 Å². The number of amides is 2. The van der Waals surface area contributed by atoms with Crippen LogP contribution in [0.25, 0.3) is 0 Å². The number of methoxy groups -OCH3 is 1. The molecule has 1 aliphatic carbocycles. The second-order valence-corrected chi connectivity index (χ2v) is 13.9. The molecule has 3 N–H and O–H groups in total. The van der Waals surface area contributed by atoms with Gasteiger partial charge in [0, 0.05) is 41.7 Å². The summed E-state index contributed by atoms with van der Waals surface area (Å²) in [5.41, 5.74) is 1.15. The smallest absolute Gasteiger partial charge is 0.407 e. The van der Waals surface area contributed by atoms with Crippen LogP contribution in [0.4, 0.5) is 14.9 Å². The first-order chi connectivity index (χ1) is 19.9. The normalized spacial score (nSPS) is 21.0. The summed E-state index contributed by atoms with van der Waals surface area (Å²) < 4.78 is 48.0. The third-order valence-corrected chi connectivity index (χ3v) is 10.7. The van der Waals surface area contributed by atoms with Crippen molar-refractivity contribution in [3.05, 3.63) is 58.6 Å². The molecular formula is C29H39ClFN5O5S. The van der Waals surface area contributed by atoms with Gasteiger partial charge >= 0.3 is 6.09 Å². The van der Waals surface area contributed by atoms with Crippen molar-refractivity contribution in [2.24, 2.45) is 5.92 Å². The Morgan fingerprint density at radius 2 is 1.88 bits per heavy atom. The number of piperazine rings is 1. The van der Waals surface area contributed by atoms with Crippen molar-refractivity contribution in [3.63, 3.8) is 0 Å². The molecule has 2 heterocycles. The number of benzene rings is 1. The van der Waals surface area contributed by atoms with E-state index in [-0.39, 0.29) is 40.9 Å². The Labute approximate surface area is 251 Å². The fourth-order valence-electron chi connectivity index (χ4n) is 5.72. The lowest BCUT2D eigenvalue weighted by Gasteiger charge is -2.40. The molecule has 0 radical (unpaired) electrons. The van der Waals surface area contributed by atoms with Crippen molar-refractivity contribution in [3.8, 4) is 0 Å². The number of aromatic nitrogens is 1. The topological polar surface area (TPSA) is 130 Å². The maximum Gasteiger partial charge on any atom is 0.407 e. The minimum atomic E-state index is -3.45. The van der Waals surface area contributed by atoms with E-state index in [1.807, 2.05) is 20.8 Å². The molecule has 1 aromatic carbocycles. The number of carbonyl (C=O) groups excluding carboxylic acids is 2. The first-order valence-electron chi connectivity index (χ1n) is 14.2. The molecule has 1 aliphatic heterocycles. The number of halogens is 2. The molecule has 1 saturated carbocycles. The molecule has 13 heteroatoms. The third kappa shape index (κ3) is 7.39. The van der Waals surface area contributed by atoms with Gasteiger partial charge in [-0.25, -0.2) is 17.6 Å². The van der Waals surface area contributed by atoms with Crippen LogP contribution in [0.15, 0.2) is 36.7 Å². The van der Waals surface area contributed by atoms with E-state index in [2.05, 4.69) is 20.9 Å². The van der Waals surface area contributed by atoms with E-state index < -0.39 is 39.8 Å². The van der Waals surface area contributed by atoms with Gasteiger partial charge in [0.2, 0.25) is 15.9 Å². The van der Waals surface area contributed by atoms with Gasteiger partial charge in [0.15, 0.2) is 0 Å². The number of ether oxygens (including phenoxy) is 1. The number of anilines is 1. The van der Waals surface area contributed by atoms with Crippen LogP contribution in [0, 0.1) is 11.7 Å². The van der Waals surface area contributed by atoms with Gasteiger partial charge in [0.05, 0.1) is 30.4 Å². The zero-order valence-electron chi connectivity index (χ0n) is 24.3. The quantitative estimate of drug-likeness (QED) is 0.344. The minimum absolute atomic E-state index is 0.0932. The third-order valence-electron chi connectivity index (χ3n) is 7.92. The standard InChI is InChI=1S/C29H39ClFN5O5S/c1-17(2)26(19-5-7-20(30)8-6-19)27(35-29(38)41-4)28(37)34-25-16-33-15-24(31)23(25)12-9-21-14-32-13-18(3)36(21)42(39,40)22-10-11-22/h5-8,15-18,21-22,26-27,32H,9-14H2,1-4H3,(H,34,37)(H,35,38)/t18-,21-,26+,27-/m0/s1. The van der Waals surface area contributed by atoms with E-state index >= 15 is 4.39 Å². The van der Waals surface area contributed by atoms with Crippen molar-refractivity contribution in [1.82, 2.24) is 19.9 Å². The number of sulfonamides is 1. The highest BCUT2D eigenvalue weighted by atomic mass is 35.5. The van der Waals surface area contributed by atoms with Crippen molar-refractivity contribution in [1.29, 1.82) is 0 Å².